The van der Waals surface area contributed by atoms with Crippen LogP contribution in [-0.4, -0.2) is 31.1 Å². The number of ether oxygens (including phenoxy) is 3. The number of halogens is 2. The third kappa shape index (κ3) is 3.90. The van der Waals surface area contributed by atoms with E-state index in [2.05, 4.69) is 0 Å². The Morgan fingerprint density at radius 2 is 2.10 bits per heavy atom. The van der Waals surface area contributed by atoms with Crippen LogP contribution in [0.3, 0.4) is 0 Å². The van der Waals surface area contributed by atoms with Gasteiger partial charge in [-0.2, -0.15) is 8.78 Å². The molecule has 2 aromatic rings. The number of fused-ring (bicyclic) bond motifs is 2. The van der Waals surface area contributed by atoms with Crippen LogP contribution in [0.25, 0.3) is 10.1 Å². The minimum absolute atomic E-state index is 0.0151. The van der Waals surface area contributed by atoms with Crippen molar-refractivity contribution in [2.45, 2.75) is 56.5 Å². The summed E-state index contributed by atoms with van der Waals surface area (Å²) in [5.74, 6) is -3.77. The molecule has 5 rings (SSSR count). The van der Waals surface area contributed by atoms with Crippen LogP contribution >= 0.6 is 11.3 Å². The molecule has 5 atom stereocenters. The molecular weight excluding hydrogens is 410 g/mol. The van der Waals surface area contributed by atoms with Crippen molar-refractivity contribution in [1.29, 1.82) is 0 Å². The smallest absolute Gasteiger partial charge is 0.306 e. The predicted octanol–water partition coefficient (Wildman–Crippen LogP) is 5.41. The van der Waals surface area contributed by atoms with E-state index in [1.165, 1.54) is 0 Å². The topological polar surface area (TPSA) is 44.8 Å². The molecule has 1 aromatic carbocycles. The Hall–Kier alpha value is -1.83. The molecular formula is C23H24F2O4S. The number of alkyl halides is 2. The van der Waals surface area contributed by atoms with Crippen LogP contribution in [0.15, 0.2) is 42.5 Å². The van der Waals surface area contributed by atoms with E-state index in [0.717, 1.165) is 46.8 Å². The van der Waals surface area contributed by atoms with Crippen molar-refractivity contribution in [2.24, 2.45) is 11.8 Å². The molecule has 4 nitrogen and oxygen atoms in total. The Labute approximate surface area is 177 Å². The van der Waals surface area contributed by atoms with Gasteiger partial charge in [-0.05, 0) is 42.9 Å². The normalized spacial score (nSPS) is 32.1. The van der Waals surface area contributed by atoms with Crippen molar-refractivity contribution in [3.05, 3.63) is 47.4 Å². The maximum atomic E-state index is 15.0. The van der Waals surface area contributed by atoms with Crippen LogP contribution in [-0.2, 0) is 24.9 Å². The van der Waals surface area contributed by atoms with E-state index >= 15 is 8.78 Å². The van der Waals surface area contributed by atoms with Crippen LogP contribution in [0, 0.1) is 11.8 Å². The van der Waals surface area contributed by atoms with Gasteiger partial charge >= 0.3 is 11.9 Å². The standard InChI is InChI=1S/C23H24F2O4S/c24-23(25,20-11-14-5-1-2-6-19(14)30-20)9-8-15-16-12-21(26)28-18(16)13-17(15)29-22-7-3-4-10-27-22/h1-2,5-6,8-9,11,15-18,22H,3-4,7,10,12-13H2/b9-8+/t15-,16-,17-,18+,22?/m1/s1. The van der Waals surface area contributed by atoms with Gasteiger partial charge in [0.05, 0.1) is 17.4 Å². The fourth-order valence-corrected chi connectivity index (χ4v) is 5.80. The van der Waals surface area contributed by atoms with Crippen molar-refractivity contribution in [3.8, 4) is 0 Å². The molecule has 0 amide bonds. The Morgan fingerprint density at radius 3 is 2.90 bits per heavy atom. The highest BCUT2D eigenvalue weighted by atomic mass is 32.1. The molecule has 1 saturated carbocycles. The zero-order valence-corrected chi connectivity index (χ0v) is 17.3. The first-order valence-electron chi connectivity index (χ1n) is 10.5. The number of carbonyl (C=O) groups excluding carboxylic acids is 1. The second kappa shape index (κ2) is 8.02. The number of hydrogen-bond acceptors (Lipinski definition) is 5. The molecule has 0 spiro atoms. The molecule has 1 unspecified atom stereocenters. The fourth-order valence-electron chi connectivity index (χ4n) is 4.78. The van der Waals surface area contributed by atoms with E-state index < -0.39 is 5.92 Å². The molecule has 30 heavy (non-hydrogen) atoms. The number of thiophene rings is 1. The first-order chi connectivity index (χ1) is 14.5. The van der Waals surface area contributed by atoms with Crippen LogP contribution in [0.1, 0.15) is 37.0 Å². The molecule has 0 bridgehead atoms. The summed E-state index contributed by atoms with van der Waals surface area (Å²) in [6.07, 6.45) is 5.29. The minimum atomic E-state index is -3.09. The first kappa shape index (κ1) is 20.1. The third-order valence-corrected chi connectivity index (χ3v) is 7.50. The van der Waals surface area contributed by atoms with Crippen LogP contribution in [0.5, 0.6) is 0 Å². The minimum Gasteiger partial charge on any atom is -0.462 e. The summed E-state index contributed by atoms with van der Waals surface area (Å²) in [6, 6.07) is 8.93. The average molecular weight is 435 g/mol. The number of hydrogen-bond donors (Lipinski definition) is 0. The van der Waals surface area contributed by atoms with Gasteiger partial charge in [0.2, 0.25) is 0 Å². The predicted molar refractivity (Wildman–Crippen MR) is 109 cm³/mol. The Kier molecular flexibility index (Phi) is 5.37. The van der Waals surface area contributed by atoms with Gasteiger partial charge in [0.25, 0.3) is 0 Å². The van der Waals surface area contributed by atoms with E-state index in [9.17, 15) is 4.79 Å². The lowest BCUT2D eigenvalue weighted by atomic mass is 9.91. The fraction of sp³-hybridized carbons (Fsp3) is 0.522. The van der Waals surface area contributed by atoms with E-state index in [4.69, 9.17) is 14.2 Å². The molecule has 3 aliphatic rings. The number of carbonyl (C=O) groups is 1. The molecule has 2 aliphatic heterocycles. The van der Waals surface area contributed by atoms with Crippen LogP contribution < -0.4 is 0 Å². The zero-order valence-electron chi connectivity index (χ0n) is 16.5. The Bertz CT molecular complexity index is 917. The molecule has 7 heteroatoms. The highest BCUT2D eigenvalue weighted by molar-refractivity contribution is 7.19. The highest BCUT2D eigenvalue weighted by Crippen LogP contribution is 2.45. The molecule has 2 saturated heterocycles. The molecule has 160 valence electrons. The number of allylic oxidation sites excluding steroid dienone is 1. The second-order valence-corrected chi connectivity index (χ2v) is 9.39. The van der Waals surface area contributed by atoms with Gasteiger partial charge in [0, 0.05) is 29.6 Å². The SMILES string of the molecule is O=C1C[C@@H]2[C@@H](/C=C/C(F)(F)c3cc4ccccc4s3)[C@H](OC3CCCCO3)C[C@@H]2O1. The summed E-state index contributed by atoms with van der Waals surface area (Å²) in [5.41, 5.74) is 0. The number of esters is 1. The maximum Gasteiger partial charge on any atom is 0.306 e. The molecule has 3 fully saturated rings. The average Bonchev–Trinajstić information content (AvgIpc) is 3.40. The van der Waals surface area contributed by atoms with Gasteiger partial charge in [0.1, 0.15) is 6.10 Å². The van der Waals surface area contributed by atoms with E-state index in [1.54, 1.807) is 12.1 Å². The zero-order chi connectivity index (χ0) is 20.7. The lowest BCUT2D eigenvalue weighted by Crippen LogP contribution is -2.31. The number of rotatable bonds is 5. The summed E-state index contributed by atoms with van der Waals surface area (Å²) < 4.78 is 48.1. The van der Waals surface area contributed by atoms with E-state index in [-0.39, 0.29) is 47.6 Å². The lowest BCUT2D eigenvalue weighted by Gasteiger charge is -2.29. The van der Waals surface area contributed by atoms with Gasteiger partial charge < -0.3 is 14.2 Å². The van der Waals surface area contributed by atoms with Crippen LogP contribution in [0.4, 0.5) is 8.78 Å². The summed E-state index contributed by atoms with van der Waals surface area (Å²) in [6.45, 7) is 0.656. The monoisotopic (exact) mass is 434 g/mol. The van der Waals surface area contributed by atoms with E-state index in [1.807, 2.05) is 24.3 Å². The molecule has 1 aliphatic carbocycles. The summed E-state index contributed by atoms with van der Waals surface area (Å²) >= 11 is 1.10. The Morgan fingerprint density at radius 1 is 1.23 bits per heavy atom. The lowest BCUT2D eigenvalue weighted by molar-refractivity contribution is -0.194. The van der Waals surface area contributed by atoms with Crippen molar-refractivity contribution in [3.63, 3.8) is 0 Å². The Balaban J connectivity index is 1.37. The van der Waals surface area contributed by atoms with Crippen molar-refractivity contribution < 1.29 is 27.8 Å². The second-order valence-electron chi connectivity index (χ2n) is 8.31. The van der Waals surface area contributed by atoms with Crippen molar-refractivity contribution in [1.82, 2.24) is 0 Å². The summed E-state index contributed by atoms with van der Waals surface area (Å²) in [5, 5.41) is 0.817. The van der Waals surface area contributed by atoms with Crippen LogP contribution in [0.2, 0.25) is 0 Å². The van der Waals surface area contributed by atoms with E-state index in [0.29, 0.717) is 13.0 Å². The van der Waals surface area contributed by atoms with Crippen molar-refractivity contribution >= 4 is 27.4 Å². The molecule has 1 aromatic heterocycles. The van der Waals surface area contributed by atoms with Gasteiger partial charge in [-0.3, -0.25) is 4.79 Å². The molecule has 0 radical (unpaired) electrons. The summed E-state index contributed by atoms with van der Waals surface area (Å²) in [4.78, 5) is 11.8. The molecule has 0 N–H and O–H groups in total. The van der Waals surface area contributed by atoms with Gasteiger partial charge in [-0.1, -0.05) is 24.3 Å². The quantitative estimate of drug-likeness (QED) is 0.466. The first-order valence-corrected chi connectivity index (χ1v) is 11.3. The van der Waals surface area contributed by atoms with Gasteiger partial charge in [0.15, 0.2) is 6.29 Å². The largest absolute Gasteiger partial charge is 0.462 e. The number of benzene rings is 1. The third-order valence-electron chi connectivity index (χ3n) is 6.30. The van der Waals surface area contributed by atoms with Gasteiger partial charge in [-0.25, -0.2) is 0 Å². The maximum absolute atomic E-state index is 15.0. The van der Waals surface area contributed by atoms with Gasteiger partial charge in [-0.15, -0.1) is 11.3 Å². The highest BCUT2D eigenvalue weighted by Gasteiger charge is 2.50. The van der Waals surface area contributed by atoms with Crippen molar-refractivity contribution in [2.75, 3.05) is 6.61 Å². The summed E-state index contributed by atoms with van der Waals surface area (Å²) in [7, 11) is 0. The molecule has 3 heterocycles.